The van der Waals surface area contributed by atoms with Gasteiger partial charge in [-0.2, -0.15) is 0 Å². The minimum Gasteiger partial charge on any atom is -0.454 e. The molecule has 2 aromatic carbocycles. The molecule has 2 amide bonds. The van der Waals surface area contributed by atoms with Gasteiger partial charge in [-0.15, -0.1) is 0 Å². The van der Waals surface area contributed by atoms with Crippen molar-refractivity contribution in [1.82, 2.24) is 15.4 Å². The van der Waals surface area contributed by atoms with Crippen LogP contribution in [0.3, 0.4) is 0 Å². The number of aryl methyl sites for hydroxylation is 2. The first-order valence-corrected chi connectivity index (χ1v) is 11.5. The van der Waals surface area contributed by atoms with Crippen LogP contribution in [0, 0.1) is 13.8 Å². The summed E-state index contributed by atoms with van der Waals surface area (Å²) in [7, 11) is 0. The lowest BCUT2D eigenvalue weighted by Gasteiger charge is -2.34. The molecule has 1 aromatic heterocycles. The molecule has 0 saturated carbocycles. The number of likely N-dealkylation sites (tertiary alicyclic amines) is 1. The maximum atomic E-state index is 13.3. The molecule has 0 aliphatic carbocycles. The predicted molar refractivity (Wildman–Crippen MR) is 125 cm³/mol. The SMILES string of the molecule is Cc1ccc(C)c(-c2cc(C(=O)N3CCCC[C@@H]3C(=O)NCc3ccc4c(c3)OCO4)no2)c1. The summed E-state index contributed by atoms with van der Waals surface area (Å²) in [5, 5.41) is 7.00. The van der Waals surface area contributed by atoms with Gasteiger partial charge in [0.05, 0.1) is 0 Å². The average molecular weight is 462 g/mol. The van der Waals surface area contributed by atoms with Crippen LogP contribution in [-0.4, -0.2) is 41.3 Å². The highest BCUT2D eigenvalue weighted by atomic mass is 16.7. The van der Waals surface area contributed by atoms with Crippen LogP contribution in [0.1, 0.15) is 46.4 Å². The second-order valence-electron chi connectivity index (χ2n) is 8.81. The molecule has 0 radical (unpaired) electrons. The Kier molecular flexibility index (Phi) is 5.96. The van der Waals surface area contributed by atoms with Gasteiger partial charge in [0.1, 0.15) is 6.04 Å². The fourth-order valence-corrected chi connectivity index (χ4v) is 4.46. The van der Waals surface area contributed by atoms with Gasteiger partial charge >= 0.3 is 0 Å². The highest BCUT2D eigenvalue weighted by Gasteiger charge is 2.34. The zero-order valence-electron chi connectivity index (χ0n) is 19.3. The summed E-state index contributed by atoms with van der Waals surface area (Å²) in [6.45, 7) is 5.05. The molecule has 2 aliphatic heterocycles. The van der Waals surface area contributed by atoms with Gasteiger partial charge in [-0.1, -0.05) is 28.9 Å². The van der Waals surface area contributed by atoms with Crippen molar-refractivity contribution in [2.24, 2.45) is 0 Å². The number of piperidine rings is 1. The van der Waals surface area contributed by atoms with Crippen molar-refractivity contribution >= 4 is 11.8 Å². The summed E-state index contributed by atoms with van der Waals surface area (Å²) in [6, 6.07) is 12.8. The van der Waals surface area contributed by atoms with Crippen LogP contribution in [-0.2, 0) is 11.3 Å². The highest BCUT2D eigenvalue weighted by molar-refractivity contribution is 5.97. The van der Waals surface area contributed by atoms with E-state index in [4.69, 9.17) is 14.0 Å². The zero-order chi connectivity index (χ0) is 23.7. The maximum absolute atomic E-state index is 13.3. The van der Waals surface area contributed by atoms with Gasteiger partial charge in [0.2, 0.25) is 12.7 Å². The first-order valence-electron chi connectivity index (χ1n) is 11.5. The van der Waals surface area contributed by atoms with Crippen LogP contribution >= 0.6 is 0 Å². The summed E-state index contributed by atoms with van der Waals surface area (Å²) >= 11 is 0. The molecule has 1 fully saturated rings. The molecule has 8 nitrogen and oxygen atoms in total. The van der Waals surface area contributed by atoms with E-state index in [0.29, 0.717) is 36.8 Å². The molecule has 1 N–H and O–H groups in total. The molecule has 3 heterocycles. The van der Waals surface area contributed by atoms with Crippen LogP contribution in [0.25, 0.3) is 11.3 Å². The monoisotopic (exact) mass is 461 g/mol. The Morgan fingerprint density at radius 2 is 1.91 bits per heavy atom. The van der Waals surface area contributed by atoms with Crippen molar-refractivity contribution in [3.05, 3.63) is 64.8 Å². The van der Waals surface area contributed by atoms with E-state index < -0.39 is 6.04 Å². The number of hydrogen-bond donors (Lipinski definition) is 1. The number of carbonyl (C=O) groups is 2. The minimum absolute atomic E-state index is 0.177. The third kappa shape index (κ3) is 4.35. The fourth-order valence-electron chi connectivity index (χ4n) is 4.46. The van der Waals surface area contributed by atoms with E-state index in [1.54, 1.807) is 11.0 Å². The van der Waals surface area contributed by atoms with Crippen LogP contribution in [0.4, 0.5) is 0 Å². The largest absolute Gasteiger partial charge is 0.454 e. The lowest BCUT2D eigenvalue weighted by atomic mass is 10.00. The molecule has 1 atom stereocenters. The fraction of sp³-hybridized carbons (Fsp3) is 0.346. The Morgan fingerprint density at radius 1 is 1.06 bits per heavy atom. The summed E-state index contributed by atoms with van der Waals surface area (Å²) in [4.78, 5) is 28.0. The summed E-state index contributed by atoms with van der Waals surface area (Å²) < 4.78 is 16.3. The molecule has 0 bridgehead atoms. The molecule has 34 heavy (non-hydrogen) atoms. The summed E-state index contributed by atoms with van der Waals surface area (Å²) in [5.41, 5.74) is 4.16. The Labute approximate surface area is 197 Å². The van der Waals surface area contributed by atoms with E-state index in [1.165, 1.54) is 0 Å². The van der Waals surface area contributed by atoms with E-state index in [0.717, 1.165) is 35.1 Å². The second-order valence-corrected chi connectivity index (χ2v) is 8.81. The second kappa shape index (κ2) is 9.21. The van der Waals surface area contributed by atoms with Crippen LogP contribution in [0.5, 0.6) is 11.5 Å². The first kappa shape index (κ1) is 22.0. The van der Waals surface area contributed by atoms with Crippen molar-refractivity contribution in [2.75, 3.05) is 13.3 Å². The average Bonchev–Trinajstić information content (AvgIpc) is 3.53. The van der Waals surface area contributed by atoms with Crippen LogP contribution in [0.15, 0.2) is 47.0 Å². The number of nitrogens with zero attached hydrogens (tertiary/aromatic N) is 2. The lowest BCUT2D eigenvalue weighted by Crippen LogP contribution is -2.51. The van der Waals surface area contributed by atoms with E-state index in [-0.39, 0.29) is 24.3 Å². The van der Waals surface area contributed by atoms with Crippen LogP contribution < -0.4 is 14.8 Å². The van der Waals surface area contributed by atoms with Gasteiger partial charge in [-0.25, -0.2) is 0 Å². The van der Waals surface area contributed by atoms with E-state index >= 15 is 0 Å². The topological polar surface area (TPSA) is 93.9 Å². The number of ether oxygens (including phenoxy) is 2. The van der Waals surface area contributed by atoms with Gasteiger partial charge in [0.15, 0.2) is 23.0 Å². The zero-order valence-corrected chi connectivity index (χ0v) is 19.3. The maximum Gasteiger partial charge on any atom is 0.276 e. The Bertz CT molecular complexity index is 1230. The van der Waals surface area contributed by atoms with Crippen molar-refractivity contribution in [3.63, 3.8) is 0 Å². The Morgan fingerprint density at radius 3 is 2.79 bits per heavy atom. The van der Waals surface area contributed by atoms with E-state index in [1.807, 2.05) is 50.2 Å². The quantitative estimate of drug-likeness (QED) is 0.617. The third-order valence-corrected chi connectivity index (χ3v) is 6.36. The number of aromatic nitrogens is 1. The molecule has 1 saturated heterocycles. The molecule has 176 valence electrons. The summed E-state index contributed by atoms with van der Waals surface area (Å²) in [5.74, 6) is 1.46. The number of benzene rings is 2. The molecule has 8 heteroatoms. The van der Waals surface area contributed by atoms with Crippen molar-refractivity contribution in [2.45, 2.75) is 45.7 Å². The lowest BCUT2D eigenvalue weighted by molar-refractivity contribution is -0.126. The smallest absolute Gasteiger partial charge is 0.276 e. The number of rotatable bonds is 5. The van der Waals surface area contributed by atoms with Gasteiger partial charge < -0.3 is 24.2 Å². The standard InChI is InChI=1S/C26H27N3O5/c1-16-6-7-17(2)19(11-16)23-13-20(28-34-23)26(31)29-10-4-3-5-21(29)25(30)27-14-18-8-9-22-24(12-18)33-15-32-22/h6-9,11-13,21H,3-5,10,14-15H2,1-2H3,(H,27,30)/t21-/m1/s1. The Hall–Kier alpha value is -3.81. The molecule has 0 unspecified atom stereocenters. The molecule has 5 rings (SSSR count). The molecule has 0 spiro atoms. The normalized spacial score (nSPS) is 17.0. The van der Waals surface area contributed by atoms with Crippen LogP contribution in [0.2, 0.25) is 0 Å². The van der Waals surface area contributed by atoms with Crippen molar-refractivity contribution in [3.8, 4) is 22.8 Å². The number of nitrogens with one attached hydrogen (secondary N) is 1. The van der Waals surface area contributed by atoms with E-state index in [9.17, 15) is 9.59 Å². The number of fused-ring (bicyclic) bond motifs is 1. The van der Waals surface area contributed by atoms with Gasteiger partial charge in [0, 0.05) is 24.7 Å². The van der Waals surface area contributed by atoms with Gasteiger partial charge in [-0.05, 0) is 62.4 Å². The summed E-state index contributed by atoms with van der Waals surface area (Å²) in [6.07, 6.45) is 2.35. The molecule has 3 aromatic rings. The van der Waals surface area contributed by atoms with E-state index in [2.05, 4.69) is 10.5 Å². The van der Waals surface area contributed by atoms with Gasteiger partial charge in [0.25, 0.3) is 5.91 Å². The number of amides is 2. The molecular weight excluding hydrogens is 434 g/mol. The number of hydrogen-bond acceptors (Lipinski definition) is 6. The first-order chi connectivity index (χ1) is 16.5. The Balaban J connectivity index is 1.28. The third-order valence-electron chi connectivity index (χ3n) is 6.36. The number of carbonyl (C=O) groups excluding carboxylic acids is 2. The van der Waals surface area contributed by atoms with Gasteiger partial charge in [-0.3, -0.25) is 9.59 Å². The highest BCUT2D eigenvalue weighted by Crippen LogP contribution is 2.32. The minimum atomic E-state index is -0.545. The van der Waals surface area contributed by atoms with Crippen molar-refractivity contribution < 1.29 is 23.6 Å². The van der Waals surface area contributed by atoms with Crippen molar-refractivity contribution in [1.29, 1.82) is 0 Å². The predicted octanol–water partition coefficient (Wildman–Crippen LogP) is 4.00. The molecule has 2 aliphatic rings. The molecular formula is C26H27N3O5.